The lowest BCUT2D eigenvalue weighted by molar-refractivity contribution is -0.147. The zero-order valence-corrected chi connectivity index (χ0v) is 14.3. The summed E-state index contributed by atoms with van der Waals surface area (Å²) in [6.07, 6.45) is 1.09. The van der Waals surface area contributed by atoms with Gasteiger partial charge in [0.05, 0.1) is 6.26 Å². The Labute approximate surface area is 136 Å². The van der Waals surface area contributed by atoms with E-state index in [-0.39, 0.29) is 12.3 Å². The molecule has 0 unspecified atom stereocenters. The molecular formula is C15H22N2O5S. The lowest BCUT2D eigenvalue weighted by Crippen LogP contribution is -2.23. The van der Waals surface area contributed by atoms with Crippen LogP contribution in [0.25, 0.3) is 0 Å². The topological polar surface area (TPSA) is 102 Å². The average Bonchev–Trinajstić information content (AvgIpc) is 2.42. The predicted molar refractivity (Wildman–Crippen MR) is 87.3 cm³/mol. The molecule has 0 saturated heterocycles. The van der Waals surface area contributed by atoms with Gasteiger partial charge in [0.25, 0.3) is 0 Å². The SMILES string of the molecule is CCNC(=O)CC[C@@H](OC(C)=O)c1ccc(NS(C)(=O)=O)cc1. The molecule has 1 aromatic rings. The highest BCUT2D eigenvalue weighted by Crippen LogP contribution is 2.24. The van der Waals surface area contributed by atoms with Gasteiger partial charge in [-0.15, -0.1) is 0 Å². The molecule has 8 heteroatoms. The van der Waals surface area contributed by atoms with Crippen molar-refractivity contribution in [3.05, 3.63) is 29.8 Å². The molecule has 0 aliphatic rings. The van der Waals surface area contributed by atoms with Crippen molar-refractivity contribution < 1.29 is 22.7 Å². The van der Waals surface area contributed by atoms with Gasteiger partial charge in [-0.3, -0.25) is 14.3 Å². The Kier molecular flexibility index (Phi) is 7.02. The van der Waals surface area contributed by atoms with Gasteiger partial charge in [-0.25, -0.2) is 8.42 Å². The van der Waals surface area contributed by atoms with Crippen LogP contribution in [0.5, 0.6) is 0 Å². The number of carbonyl (C=O) groups is 2. The molecule has 1 aromatic carbocycles. The molecule has 0 aliphatic heterocycles. The minimum atomic E-state index is -3.35. The van der Waals surface area contributed by atoms with Crippen molar-refractivity contribution >= 4 is 27.6 Å². The van der Waals surface area contributed by atoms with Crippen molar-refractivity contribution in [1.82, 2.24) is 5.32 Å². The molecule has 0 spiro atoms. The summed E-state index contributed by atoms with van der Waals surface area (Å²) in [6.45, 7) is 3.68. The fraction of sp³-hybridized carbons (Fsp3) is 0.467. The summed E-state index contributed by atoms with van der Waals surface area (Å²) < 4.78 is 30.0. The maximum atomic E-state index is 11.5. The van der Waals surface area contributed by atoms with E-state index in [4.69, 9.17) is 4.74 Å². The van der Waals surface area contributed by atoms with E-state index in [1.54, 1.807) is 24.3 Å². The molecule has 2 N–H and O–H groups in total. The first-order valence-electron chi connectivity index (χ1n) is 7.23. The van der Waals surface area contributed by atoms with E-state index < -0.39 is 22.1 Å². The molecule has 0 fully saturated rings. The van der Waals surface area contributed by atoms with Gasteiger partial charge in [0.15, 0.2) is 0 Å². The van der Waals surface area contributed by atoms with Gasteiger partial charge in [-0.05, 0) is 31.0 Å². The summed E-state index contributed by atoms with van der Waals surface area (Å²) >= 11 is 0. The summed E-state index contributed by atoms with van der Waals surface area (Å²) in [7, 11) is -3.35. The number of amides is 1. The van der Waals surface area contributed by atoms with Crippen LogP contribution in [-0.4, -0.2) is 33.1 Å². The molecule has 1 rings (SSSR count). The molecule has 1 amide bonds. The summed E-state index contributed by atoms with van der Waals surface area (Å²) in [5.74, 6) is -0.552. The van der Waals surface area contributed by atoms with Crippen LogP contribution in [0.15, 0.2) is 24.3 Å². The fourth-order valence-corrected chi connectivity index (χ4v) is 2.59. The third kappa shape index (κ3) is 7.64. The van der Waals surface area contributed by atoms with Crippen LogP contribution in [0.2, 0.25) is 0 Å². The van der Waals surface area contributed by atoms with Gasteiger partial charge in [0.1, 0.15) is 6.10 Å². The number of rotatable bonds is 8. The van der Waals surface area contributed by atoms with Gasteiger partial charge < -0.3 is 10.1 Å². The Balaban J connectivity index is 2.81. The maximum Gasteiger partial charge on any atom is 0.303 e. The Morgan fingerprint density at radius 3 is 2.30 bits per heavy atom. The first-order valence-corrected chi connectivity index (χ1v) is 9.12. The fourth-order valence-electron chi connectivity index (χ4n) is 2.02. The van der Waals surface area contributed by atoms with E-state index in [0.29, 0.717) is 24.2 Å². The standard InChI is InChI=1S/C15H22N2O5S/c1-4-16-15(19)10-9-14(22-11(2)18)12-5-7-13(8-6-12)17-23(3,20)21/h5-8,14,17H,4,9-10H2,1-3H3,(H,16,19)/t14-/m1/s1. The minimum Gasteiger partial charge on any atom is -0.458 e. The third-order valence-corrected chi connectivity index (χ3v) is 3.51. The van der Waals surface area contributed by atoms with Crippen LogP contribution in [0.4, 0.5) is 5.69 Å². The second kappa shape index (κ2) is 8.52. The first kappa shape index (κ1) is 19.0. The molecule has 128 valence electrons. The predicted octanol–water partition coefficient (Wildman–Crippen LogP) is 1.58. The van der Waals surface area contributed by atoms with Crippen LogP contribution in [0, 0.1) is 0 Å². The molecule has 7 nitrogen and oxygen atoms in total. The molecular weight excluding hydrogens is 320 g/mol. The monoisotopic (exact) mass is 342 g/mol. The minimum absolute atomic E-state index is 0.111. The van der Waals surface area contributed by atoms with Gasteiger partial charge >= 0.3 is 5.97 Å². The largest absolute Gasteiger partial charge is 0.458 e. The number of esters is 1. The summed E-state index contributed by atoms with van der Waals surface area (Å²) in [5, 5.41) is 2.68. The lowest BCUT2D eigenvalue weighted by atomic mass is 10.0. The summed E-state index contributed by atoms with van der Waals surface area (Å²) in [5.41, 5.74) is 1.12. The van der Waals surface area contributed by atoms with Gasteiger partial charge in [-0.2, -0.15) is 0 Å². The van der Waals surface area contributed by atoms with Crippen LogP contribution in [0.3, 0.4) is 0 Å². The number of hydrogen-bond acceptors (Lipinski definition) is 5. The lowest BCUT2D eigenvalue weighted by Gasteiger charge is -2.17. The summed E-state index contributed by atoms with van der Waals surface area (Å²) in [4.78, 5) is 22.8. The number of benzene rings is 1. The third-order valence-electron chi connectivity index (χ3n) is 2.90. The van der Waals surface area contributed by atoms with Crippen LogP contribution >= 0.6 is 0 Å². The molecule has 0 aliphatic carbocycles. The zero-order chi connectivity index (χ0) is 17.5. The van der Waals surface area contributed by atoms with E-state index in [0.717, 1.165) is 6.26 Å². The Morgan fingerprint density at radius 2 is 1.83 bits per heavy atom. The number of nitrogens with one attached hydrogen (secondary N) is 2. The summed E-state index contributed by atoms with van der Waals surface area (Å²) in [6, 6.07) is 6.50. The highest BCUT2D eigenvalue weighted by Gasteiger charge is 2.16. The highest BCUT2D eigenvalue weighted by molar-refractivity contribution is 7.92. The molecule has 23 heavy (non-hydrogen) atoms. The quantitative estimate of drug-likeness (QED) is 0.698. The molecule has 0 heterocycles. The normalized spacial score (nSPS) is 12.3. The Bertz CT molecular complexity index is 640. The van der Waals surface area contributed by atoms with E-state index in [1.165, 1.54) is 6.92 Å². The van der Waals surface area contributed by atoms with E-state index in [1.807, 2.05) is 6.92 Å². The zero-order valence-electron chi connectivity index (χ0n) is 13.5. The molecule has 1 atom stereocenters. The molecule has 0 saturated carbocycles. The van der Waals surface area contributed by atoms with Crippen molar-refractivity contribution in [2.75, 3.05) is 17.5 Å². The number of carbonyl (C=O) groups excluding carboxylic acids is 2. The molecule has 0 aromatic heterocycles. The van der Waals surface area contributed by atoms with Crippen molar-refractivity contribution in [3.63, 3.8) is 0 Å². The Hall–Kier alpha value is -2.09. The van der Waals surface area contributed by atoms with Gasteiger partial charge in [0.2, 0.25) is 15.9 Å². The van der Waals surface area contributed by atoms with E-state index in [9.17, 15) is 18.0 Å². The van der Waals surface area contributed by atoms with Crippen molar-refractivity contribution in [2.24, 2.45) is 0 Å². The number of sulfonamides is 1. The van der Waals surface area contributed by atoms with E-state index >= 15 is 0 Å². The van der Waals surface area contributed by atoms with Gasteiger partial charge in [-0.1, -0.05) is 12.1 Å². The van der Waals surface area contributed by atoms with Crippen LogP contribution in [-0.2, 0) is 24.3 Å². The maximum absolute atomic E-state index is 11.5. The van der Waals surface area contributed by atoms with Crippen molar-refractivity contribution in [2.45, 2.75) is 32.8 Å². The molecule has 0 radical (unpaired) electrons. The van der Waals surface area contributed by atoms with Crippen molar-refractivity contribution in [1.29, 1.82) is 0 Å². The first-order chi connectivity index (χ1) is 10.7. The highest BCUT2D eigenvalue weighted by atomic mass is 32.2. The number of hydrogen-bond donors (Lipinski definition) is 2. The Morgan fingerprint density at radius 1 is 1.22 bits per heavy atom. The number of anilines is 1. The second-order valence-corrected chi connectivity index (χ2v) is 6.83. The van der Waals surface area contributed by atoms with E-state index in [2.05, 4.69) is 10.0 Å². The van der Waals surface area contributed by atoms with Crippen LogP contribution < -0.4 is 10.0 Å². The smallest absolute Gasteiger partial charge is 0.303 e. The average molecular weight is 342 g/mol. The molecule has 0 bridgehead atoms. The van der Waals surface area contributed by atoms with Crippen molar-refractivity contribution in [3.8, 4) is 0 Å². The van der Waals surface area contributed by atoms with Crippen LogP contribution in [0.1, 0.15) is 38.4 Å². The number of ether oxygens (including phenoxy) is 1. The van der Waals surface area contributed by atoms with Gasteiger partial charge in [0, 0.05) is 25.6 Å². The second-order valence-electron chi connectivity index (χ2n) is 5.09.